The Bertz CT molecular complexity index is 497. The molecule has 84 valence electrons. The van der Waals surface area contributed by atoms with Crippen LogP contribution in [0.4, 0.5) is 0 Å². The lowest BCUT2D eigenvalue weighted by atomic mass is 10.2. The molecule has 0 aliphatic carbocycles. The van der Waals surface area contributed by atoms with E-state index in [1.54, 1.807) is 18.2 Å². The first-order valence-electron chi connectivity index (χ1n) is 4.59. The molecule has 0 aromatic heterocycles. The van der Waals surface area contributed by atoms with Crippen LogP contribution in [-0.4, -0.2) is 15.0 Å². The highest BCUT2D eigenvalue weighted by Crippen LogP contribution is 2.14. The first kappa shape index (κ1) is 12.4. The van der Waals surface area contributed by atoms with Crippen LogP contribution in [-0.2, 0) is 14.3 Å². The Balaban J connectivity index is 2.82. The van der Waals surface area contributed by atoms with Crippen molar-refractivity contribution in [2.24, 2.45) is 0 Å². The van der Waals surface area contributed by atoms with Crippen molar-refractivity contribution in [3.05, 3.63) is 36.4 Å². The van der Waals surface area contributed by atoms with Gasteiger partial charge in [-0.25, -0.2) is 0 Å². The van der Waals surface area contributed by atoms with Gasteiger partial charge in [-0.3, -0.25) is 4.18 Å². The molecular weight excluding hydrogens is 226 g/mol. The summed E-state index contributed by atoms with van der Waals surface area (Å²) in [6.45, 7) is 3.44. The van der Waals surface area contributed by atoms with Gasteiger partial charge in [-0.1, -0.05) is 24.8 Å². The molecule has 0 saturated heterocycles. The maximum atomic E-state index is 11.5. The summed E-state index contributed by atoms with van der Waals surface area (Å²) >= 11 is 0. The summed E-state index contributed by atoms with van der Waals surface area (Å²) in [7, 11) is -3.74. The van der Waals surface area contributed by atoms with Crippen molar-refractivity contribution in [1.82, 2.24) is 0 Å². The molecule has 0 atom stereocenters. The lowest BCUT2D eigenvalue weighted by Crippen LogP contribution is -2.07. The van der Waals surface area contributed by atoms with Gasteiger partial charge in [0.2, 0.25) is 0 Å². The van der Waals surface area contributed by atoms with Crippen LogP contribution >= 0.6 is 0 Å². The first-order valence-corrected chi connectivity index (χ1v) is 6.00. The zero-order valence-electron chi connectivity index (χ0n) is 8.59. The minimum absolute atomic E-state index is 0.0456. The Morgan fingerprint density at radius 3 is 2.50 bits per heavy atom. The molecule has 0 N–H and O–H groups in total. The predicted molar refractivity (Wildman–Crippen MR) is 59.9 cm³/mol. The van der Waals surface area contributed by atoms with Crippen molar-refractivity contribution in [2.75, 3.05) is 6.61 Å². The summed E-state index contributed by atoms with van der Waals surface area (Å²) in [5, 5.41) is 8.27. The third-order valence-corrected chi connectivity index (χ3v) is 3.18. The van der Waals surface area contributed by atoms with Crippen LogP contribution in [0.3, 0.4) is 0 Å². The molecule has 0 bridgehead atoms. The molecule has 16 heavy (non-hydrogen) atoms. The fourth-order valence-electron chi connectivity index (χ4n) is 1.04. The third-order valence-electron chi connectivity index (χ3n) is 1.86. The second-order valence-electron chi connectivity index (χ2n) is 2.96. The number of benzene rings is 1. The Labute approximate surface area is 94.9 Å². The van der Waals surface area contributed by atoms with Crippen LogP contribution < -0.4 is 0 Å². The van der Waals surface area contributed by atoms with Gasteiger partial charge in [0.1, 0.15) is 0 Å². The van der Waals surface area contributed by atoms with Gasteiger partial charge in [-0.15, -0.1) is 0 Å². The Morgan fingerprint density at radius 1 is 1.38 bits per heavy atom. The number of nitriles is 1. The minimum atomic E-state index is -3.74. The molecule has 4 nitrogen and oxygen atoms in total. The Morgan fingerprint density at radius 2 is 2.00 bits per heavy atom. The highest BCUT2D eigenvalue weighted by atomic mass is 32.2. The van der Waals surface area contributed by atoms with E-state index < -0.39 is 10.1 Å². The molecule has 0 aliphatic heterocycles. The van der Waals surface area contributed by atoms with E-state index in [9.17, 15) is 8.42 Å². The maximum Gasteiger partial charge on any atom is 0.297 e. The molecule has 0 spiro atoms. The molecule has 0 heterocycles. The van der Waals surface area contributed by atoms with Gasteiger partial charge in [0.05, 0.1) is 24.0 Å². The van der Waals surface area contributed by atoms with E-state index in [0.717, 1.165) is 5.56 Å². The Kier molecular flexibility index (Phi) is 4.23. The molecular formula is C11H11NO3S. The van der Waals surface area contributed by atoms with Gasteiger partial charge >= 0.3 is 0 Å². The highest BCUT2D eigenvalue weighted by Gasteiger charge is 2.14. The molecule has 1 aromatic rings. The SMILES string of the molecule is C=Cc1ccc(S(=O)(=O)OCCC#N)cc1. The molecule has 0 amide bonds. The molecule has 1 aromatic carbocycles. The number of rotatable bonds is 5. The van der Waals surface area contributed by atoms with Crippen LogP contribution in [0.2, 0.25) is 0 Å². The molecule has 0 radical (unpaired) electrons. The van der Waals surface area contributed by atoms with Gasteiger partial charge < -0.3 is 0 Å². The topological polar surface area (TPSA) is 67.2 Å². The van der Waals surface area contributed by atoms with Gasteiger partial charge in [0, 0.05) is 0 Å². The summed E-state index contributed by atoms with van der Waals surface area (Å²) in [6, 6.07) is 7.96. The monoisotopic (exact) mass is 237 g/mol. The summed E-state index contributed by atoms with van der Waals surface area (Å²) < 4.78 is 27.8. The van der Waals surface area contributed by atoms with E-state index in [2.05, 4.69) is 10.8 Å². The molecule has 0 aliphatic rings. The lowest BCUT2D eigenvalue weighted by molar-refractivity contribution is 0.326. The standard InChI is InChI=1S/C11H11NO3S/c1-2-10-4-6-11(7-5-10)16(13,14)15-9-3-8-12/h2,4-7H,1,3,9H2. The number of nitrogens with zero attached hydrogens (tertiary/aromatic N) is 1. The fraction of sp³-hybridized carbons (Fsp3) is 0.182. The summed E-state index contributed by atoms with van der Waals surface area (Å²) in [4.78, 5) is 0.0797. The maximum absolute atomic E-state index is 11.5. The van der Waals surface area contributed by atoms with Crippen molar-refractivity contribution in [3.63, 3.8) is 0 Å². The quantitative estimate of drug-likeness (QED) is 0.580. The first-order chi connectivity index (χ1) is 7.60. The molecule has 5 heteroatoms. The van der Waals surface area contributed by atoms with Crippen molar-refractivity contribution in [2.45, 2.75) is 11.3 Å². The van der Waals surface area contributed by atoms with E-state index in [0.29, 0.717) is 0 Å². The predicted octanol–water partition coefficient (Wildman–Crippen LogP) is 1.95. The number of hydrogen-bond acceptors (Lipinski definition) is 4. The van der Waals surface area contributed by atoms with Crippen molar-refractivity contribution in [3.8, 4) is 6.07 Å². The third kappa shape index (κ3) is 3.19. The number of hydrogen-bond donors (Lipinski definition) is 0. The molecule has 1 rings (SSSR count). The second-order valence-corrected chi connectivity index (χ2v) is 4.57. The van der Waals surface area contributed by atoms with Crippen molar-refractivity contribution < 1.29 is 12.6 Å². The van der Waals surface area contributed by atoms with Crippen molar-refractivity contribution in [1.29, 1.82) is 5.26 Å². The van der Waals surface area contributed by atoms with Crippen molar-refractivity contribution >= 4 is 16.2 Å². The average Bonchev–Trinajstić information content (AvgIpc) is 2.29. The van der Waals surface area contributed by atoms with Crippen LogP contribution in [0, 0.1) is 11.3 Å². The van der Waals surface area contributed by atoms with Gasteiger partial charge in [-0.2, -0.15) is 13.7 Å². The minimum Gasteiger partial charge on any atom is -0.265 e. The normalized spacial score (nSPS) is 10.7. The smallest absolute Gasteiger partial charge is 0.265 e. The fourth-order valence-corrected chi connectivity index (χ4v) is 1.94. The van der Waals surface area contributed by atoms with Gasteiger partial charge in [0.25, 0.3) is 10.1 Å². The molecule has 0 saturated carbocycles. The summed E-state index contributed by atoms with van der Waals surface area (Å²) in [6.07, 6.45) is 1.66. The molecule has 0 fully saturated rings. The Hall–Kier alpha value is -1.64. The van der Waals surface area contributed by atoms with Crippen LogP contribution in [0.25, 0.3) is 6.08 Å². The second kappa shape index (κ2) is 5.45. The van der Waals surface area contributed by atoms with Crippen LogP contribution in [0.1, 0.15) is 12.0 Å². The van der Waals surface area contributed by atoms with E-state index >= 15 is 0 Å². The van der Waals surface area contributed by atoms with E-state index in [1.807, 2.05) is 6.07 Å². The van der Waals surface area contributed by atoms with Crippen LogP contribution in [0.5, 0.6) is 0 Å². The zero-order chi connectivity index (χ0) is 12.0. The zero-order valence-corrected chi connectivity index (χ0v) is 9.40. The van der Waals surface area contributed by atoms with E-state index in [1.165, 1.54) is 12.1 Å². The molecule has 0 unspecified atom stereocenters. The van der Waals surface area contributed by atoms with E-state index in [-0.39, 0.29) is 17.9 Å². The van der Waals surface area contributed by atoms with Gasteiger partial charge in [0.15, 0.2) is 0 Å². The highest BCUT2D eigenvalue weighted by molar-refractivity contribution is 7.86. The largest absolute Gasteiger partial charge is 0.297 e. The lowest BCUT2D eigenvalue weighted by Gasteiger charge is -2.03. The van der Waals surface area contributed by atoms with Crippen LogP contribution in [0.15, 0.2) is 35.7 Å². The average molecular weight is 237 g/mol. The summed E-state index contributed by atoms with van der Waals surface area (Å²) in [5.41, 5.74) is 0.830. The summed E-state index contributed by atoms with van der Waals surface area (Å²) in [5.74, 6) is 0. The van der Waals surface area contributed by atoms with E-state index in [4.69, 9.17) is 5.26 Å². The van der Waals surface area contributed by atoms with Gasteiger partial charge in [-0.05, 0) is 17.7 Å².